The van der Waals surface area contributed by atoms with Crippen molar-refractivity contribution in [2.24, 2.45) is 0 Å². The molecule has 0 unspecified atom stereocenters. The second-order valence-electron chi connectivity index (χ2n) is 7.70. The summed E-state index contributed by atoms with van der Waals surface area (Å²) in [6, 6.07) is 17.4. The number of aromatic nitrogens is 2. The van der Waals surface area contributed by atoms with E-state index in [0.29, 0.717) is 35.8 Å². The van der Waals surface area contributed by atoms with Gasteiger partial charge in [-0.25, -0.2) is 4.98 Å². The summed E-state index contributed by atoms with van der Waals surface area (Å²) in [4.78, 5) is 32.6. The summed E-state index contributed by atoms with van der Waals surface area (Å²) < 4.78 is 6.64. The molecule has 1 aliphatic rings. The van der Waals surface area contributed by atoms with E-state index in [2.05, 4.69) is 27.3 Å². The molecule has 0 saturated carbocycles. The predicted molar refractivity (Wildman–Crippen MR) is 119 cm³/mol. The maximum atomic E-state index is 13.1. The first-order chi connectivity index (χ1) is 15.0. The van der Waals surface area contributed by atoms with Gasteiger partial charge in [0.15, 0.2) is 0 Å². The Morgan fingerprint density at radius 1 is 1.16 bits per heavy atom. The lowest BCUT2D eigenvalue weighted by Crippen LogP contribution is -2.39. The van der Waals surface area contributed by atoms with Crippen LogP contribution in [0.4, 0.5) is 5.69 Å². The van der Waals surface area contributed by atoms with Gasteiger partial charge in [0.2, 0.25) is 5.91 Å². The van der Waals surface area contributed by atoms with Crippen LogP contribution in [0.25, 0.3) is 0 Å². The average Bonchev–Trinajstić information content (AvgIpc) is 2.77. The second-order valence-corrected chi connectivity index (χ2v) is 7.70. The standard InChI is InChI=1S/C24H26N4O3/c1-17-25-22-15-27(14-18-7-4-3-5-8-18)12-11-21(22)24(30)28(17)16-23(29)26-19-9-6-10-20(13-19)31-2/h3-10,13H,11-12,14-16H2,1-2H3,(H,26,29). The number of ether oxygens (including phenoxy) is 1. The molecule has 3 aromatic rings. The molecule has 1 amide bonds. The SMILES string of the molecule is COc1cccc(NC(=O)Cn2c(C)nc3c(c2=O)CCN(Cc2ccccc2)C3)c1. The van der Waals surface area contributed by atoms with E-state index in [9.17, 15) is 9.59 Å². The summed E-state index contributed by atoms with van der Waals surface area (Å²) in [5.74, 6) is 0.925. The van der Waals surface area contributed by atoms with Crippen LogP contribution in [0.3, 0.4) is 0 Å². The van der Waals surface area contributed by atoms with Crippen LogP contribution in [0.2, 0.25) is 0 Å². The highest BCUT2D eigenvalue weighted by Crippen LogP contribution is 2.18. The van der Waals surface area contributed by atoms with Gasteiger partial charge in [0, 0.05) is 37.0 Å². The summed E-state index contributed by atoms with van der Waals surface area (Å²) >= 11 is 0. The van der Waals surface area contributed by atoms with Crippen LogP contribution in [0.5, 0.6) is 5.75 Å². The first-order valence-electron chi connectivity index (χ1n) is 10.3. The van der Waals surface area contributed by atoms with Crippen molar-refractivity contribution in [2.75, 3.05) is 19.0 Å². The molecule has 1 N–H and O–H groups in total. The van der Waals surface area contributed by atoms with E-state index in [0.717, 1.165) is 18.8 Å². The minimum Gasteiger partial charge on any atom is -0.497 e. The molecular formula is C24H26N4O3. The number of hydrogen-bond donors (Lipinski definition) is 1. The molecule has 2 aromatic carbocycles. The Hall–Kier alpha value is -3.45. The zero-order valence-corrected chi connectivity index (χ0v) is 17.8. The molecule has 160 valence electrons. The molecule has 1 aliphatic heterocycles. The second kappa shape index (κ2) is 9.14. The van der Waals surface area contributed by atoms with Gasteiger partial charge < -0.3 is 10.1 Å². The van der Waals surface area contributed by atoms with E-state index in [1.165, 1.54) is 10.1 Å². The van der Waals surface area contributed by atoms with Gasteiger partial charge in [-0.3, -0.25) is 19.1 Å². The number of benzene rings is 2. The molecule has 0 bridgehead atoms. The van der Waals surface area contributed by atoms with Crippen molar-refractivity contribution >= 4 is 11.6 Å². The average molecular weight is 418 g/mol. The fraction of sp³-hybridized carbons (Fsp3) is 0.292. The molecule has 0 atom stereocenters. The molecule has 2 heterocycles. The van der Waals surface area contributed by atoms with Gasteiger partial charge in [0.1, 0.15) is 18.1 Å². The normalized spacial score (nSPS) is 13.5. The summed E-state index contributed by atoms with van der Waals surface area (Å²) in [7, 11) is 1.57. The third-order valence-corrected chi connectivity index (χ3v) is 5.49. The number of carbonyl (C=O) groups is 1. The van der Waals surface area contributed by atoms with Crippen LogP contribution in [-0.4, -0.2) is 34.0 Å². The molecule has 0 radical (unpaired) electrons. The monoisotopic (exact) mass is 418 g/mol. The smallest absolute Gasteiger partial charge is 0.257 e. The number of anilines is 1. The Morgan fingerprint density at radius 2 is 1.97 bits per heavy atom. The Balaban J connectivity index is 1.48. The number of carbonyl (C=O) groups excluding carboxylic acids is 1. The van der Waals surface area contributed by atoms with Crippen LogP contribution in [0, 0.1) is 6.92 Å². The van der Waals surface area contributed by atoms with Gasteiger partial charge in [-0.1, -0.05) is 36.4 Å². The molecule has 7 nitrogen and oxygen atoms in total. The van der Waals surface area contributed by atoms with Crippen molar-refractivity contribution in [3.05, 3.63) is 87.6 Å². The third kappa shape index (κ3) is 4.83. The third-order valence-electron chi connectivity index (χ3n) is 5.49. The first kappa shape index (κ1) is 20.8. The van der Waals surface area contributed by atoms with Crippen LogP contribution in [-0.2, 0) is 30.8 Å². The minimum atomic E-state index is -0.276. The largest absolute Gasteiger partial charge is 0.497 e. The molecule has 0 fully saturated rings. The van der Waals surface area contributed by atoms with Crippen LogP contribution in [0.1, 0.15) is 22.6 Å². The molecule has 1 aromatic heterocycles. The fourth-order valence-corrected chi connectivity index (χ4v) is 3.91. The van der Waals surface area contributed by atoms with Crippen molar-refractivity contribution in [2.45, 2.75) is 33.0 Å². The molecule has 31 heavy (non-hydrogen) atoms. The van der Waals surface area contributed by atoms with Crippen molar-refractivity contribution in [1.29, 1.82) is 0 Å². The number of aryl methyl sites for hydroxylation is 1. The topological polar surface area (TPSA) is 76.5 Å². The quantitative estimate of drug-likeness (QED) is 0.666. The van der Waals surface area contributed by atoms with E-state index < -0.39 is 0 Å². The number of nitrogens with one attached hydrogen (secondary N) is 1. The number of fused-ring (bicyclic) bond motifs is 1. The van der Waals surface area contributed by atoms with Gasteiger partial charge in [0.25, 0.3) is 5.56 Å². The number of methoxy groups -OCH3 is 1. The summed E-state index contributed by atoms with van der Waals surface area (Å²) in [6.45, 7) is 3.95. The first-order valence-corrected chi connectivity index (χ1v) is 10.3. The maximum Gasteiger partial charge on any atom is 0.257 e. The Labute approximate surface area is 181 Å². The highest BCUT2D eigenvalue weighted by atomic mass is 16.5. The van der Waals surface area contributed by atoms with E-state index in [1.54, 1.807) is 38.3 Å². The predicted octanol–water partition coefficient (Wildman–Crippen LogP) is 2.76. The van der Waals surface area contributed by atoms with Gasteiger partial charge in [-0.15, -0.1) is 0 Å². The van der Waals surface area contributed by atoms with Crippen LogP contribution < -0.4 is 15.6 Å². The summed E-state index contributed by atoms with van der Waals surface area (Å²) in [5.41, 5.74) is 3.27. The number of amides is 1. The number of nitrogens with zero attached hydrogens (tertiary/aromatic N) is 3. The number of rotatable bonds is 6. The Bertz CT molecular complexity index is 1140. The van der Waals surface area contributed by atoms with E-state index in [1.807, 2.05) is 18.2 Å². The lowest BCUT2D eigenvalue weighted by atomic mass is 10.1. The summed E-state index contributed by atoms with van der Waals surface area (Å²) in [5, 5.41) is 2.82. The van der Waals surface area contributed by atoms with Crippen molar-refractivity contribution in [3.63, 3.8) is 0 Å². The lowest BCUT2D eigenvalue weighted by molar-refractivity contribution is -0.116. The molecule has 0 saturated heterocycles. The van der Waals surface area contributed by atoms with E-state index >= 15 is 0 Å². The van der Waals surface area contributed by atoms with Crippen LogP contribution in [0.15, 0.2) is 59.4 Å². The highest BCUT2D eigenvalue weighted by molar-refractivity contribution is 5.90. The molecule has 0 aliphatic carbocycles. The van der Waals surface area contributed by atoms with Gasteiger partial charge in [-0.2, -0.15) is 0 Å². The van der Waals surface area contributed by atoms with Gasteiger partial charge >= 0.3 is 0 Å². The molecular weight excluding hydrogens is 392 g/mol. The highest BCUT2D eigenvalue weighted by Gasteiger charge is 2.23. The molecule has 0 spiro atoms. The van der Waals surface area contributed by atoms with Crippen molar-refractivity contribution in [3.8, 4) is 5.75 Å². The van der Waals surface area contributed by atoms with E-state index in [-0.39, 0.29) is 18.0 Å². The summed E-state index contributed by atoms with van der Waals surface area (Å²) in [6.07, 6.45) is 0.631. The fourth-order valence-electron chi connectivity index (χ4n) is 3.91. The zero-order chi connectivity index (χ0) is 21.8. The Kier molecular flexibility index (Phi) is 6.13. The zero-order valence-electron chi connectivity index (χ0n) is 17.8. The van der Waals surface area contributed by atoms with Gasteiger partial charge in [-0.05, 0) is 31.0 Å². The Morgan fingerprint density at radius 3 is 2.74 bits per heavy atom. The molecule has 7 heteroatoms. The lowest BCUT2D eigenvalue weighted by Gasteiger charge is -2.28. The molecule has 4 rings (SSSR count). The van der Waals surface area contributed by atoms with Gasteiger partial charge in [0.05, 0.1) is 12.8 Å². The van der Waals surface area contributed by atoms with E-state index in [4.69, 9.17) is 4.74 Å². The van der Waals surface area contributed by atoms with Crippen molar-refractivity contribution < 1.29 is 9.53 Å². The van der Waals surface area contributed by atoms with Crippen LogP contribution >= 0.6 is 0 Å². The number of hydrogen-bond acceptors (Lipinski definition) is 5. The minimum absolute atomic E-state index is 0.0735. The van der Waals surface area contributed by atoms with Crippen molar-refractivity contribution in [1.82, 2.24) is 14.5 Å². The maximum absolute atomic E-state index is 13.1.